The van der Waals surface area contributed by atoms with E-state index in [0.29, 0.717) is 10.1 Å². The molecule has 2 amide bonds. The predicted octanol–water partition coefficient (Wildman–Crippen LogP) is 4.04. The molecular weight excluding hydrogens is 424 g/mol. The van der Waals surface area contributed by atoms with E-state index in [9.17, 15) is 14.7 Å². The third-order valence-corrected chi connectivity index (χ3v) is 5.93. The van der Waals surface area contributed by atoms with Gasteiger partial charge in [-0.1, -0.05) is 30.3 Å². The summed E-state index contributed by atoms with van der Waals surface area (Å²) < 4.78 is 0. The first kappa shape index (κ1) is 23.1. The fourth-order valence-electron chi connectivity index (χ4n) is 3.23. The summed E-state index contributed by atoms with van der Waals surface area (Å²) in [6.07, 6.45) is 3.41. The molecule has 1 saturated heterocycles. The summed E-state index contributed by atoms with van der Waals surface area (Å²) in [6, 6.07) is 14.2. The summed E-state index contributed by atoms with van der Waals surface area (Å²) in [7, 11) is 0. The first-order valence-corrected chi connectivity index (χ1v) is 11.1. The van der Waals surface area contributed by atoms with Gasteiger partial charge >= 0.3 is 0 Å². The topological polar surface area (TPSA) is 85.2 Å². The number of amides is 2. The highest BCUT2D eigenvalue weighted by Crippen LogP contribution is 2.32. The number of thioether (sulfide) groups is 1. The average Bonchev–Trinajstić information content (AvgIpc) is 3.09. The molecule has 0 unspecified atom stereocenters. The van der Waals surface area contributed by atoms with Crippen LogP contribution in [0.4, 0.5) is 5.69 Å². The molecule has 8 heteroatoms. The number of para-hydroxylation sites is 1. The highest BCUT2D eigenvalue weighted by Gasteiger charge is 2.33. The monoisotopic (exact) mass is 450 g/mol. The van der Waals surface area contributed by atoms with Gasteiger partial charge in [0.25, 0.3) is 11.8 Å². The number of nitrogens with one attached hydrogen (secondary N) is 1. The molecule has 1 aliphatic rings. The number of carbonyl (C=O) groups excluding carboxylic acids is 2. The largest absolute Gasteiger partial charge is 0.507 e. The van der Waals surface area contributed by atoms with E-state index < -0.39 is 5.91 Å². The molecule has 0 bridgehead atoms. The smallest absolute Gasteiger partial charge is 0.275 e. The van der Waals surface area contributed by atoms with Crippen LogP contribution in [0, 0.1) is 0 Å². The Balaban J connectivity index is 1.80. The maximum atomic E-state index is 12.9. The summed E-state index contributed by atoms with van der Waals surface area (Å²) in [5.41, 5.74) is 4.55. The number of hydrazone groups is 1. The number of hydrogen-bond acceptors (Lipinski definition) is 6. The molecule has 0 aliphatic carbocycles. The number of carbonyl (C=O) groups is 2. The summed E-state index contributed by atoms with van der Waals surface area (Å²) in [5.74, 6) is -0.915. The van der Waals surface area contributed by atoms with Crippen LogP contribution in [-0.2, 0) is 4.79 Å². The second kappa shape index (κ2) is 10.7. The van der Waals surface area contributed by atoms with Crippen LogP contribution >= 0.6 is 11.8 Å². The Morgan fingerprint density at radius 3 is 2.50 bits per heavy atom. The molecule has 0 saturated carbocycles. The van der Waals surface area contributed by atoms with Gasteiger partial charge in [0.05, 0.1) is 10.5 Å². The van der Waals surface area contributed by atoms with Gasteiger partial charge in [0.1, 0.15) is 5.75 Å². The Kier molecular flexibility index (Phi) is 7.72. The maximum absolute atomic E-state index is 12.9. The zero-order chi connectivity index (χ0) is 23.1. The lowest BCUT2D eigenvalue weighted by Crippen LogP contribution is -2.31. The van der Waals surface area contributed by atoms with E-state index in [2.05, 4.69) is 35.9 Å². The first-order valence-electron chi connectivity index (χ1n) is 10.3. The summed E-state index contributed by atoms with van der Waals surface area (Å²) in [5, 5.41) is 14.3. The van der Waals surface area contributed by atoms with Gasteiger partial charge in [0.2, 0.25) is 0 Å². The van der Waals surface area contributed by atoms with Gasteiger partial charge < -0.3 is 10.0 Å². The fourth-order valence-corrected chi connectivity index (χ4v) is 4.18. The van der Waals surface area contributed by atoms with Crippen molar-refractivity contribution >= 4 is 40.5 Å². The molecule has 1 heterocycles. The predicted molar refractivity (Wildman–Crippen MR) is 130 cm³/mol. The lowest BCUT2D eigenvalue weighted by molar-refractivity contribution is -0.121. The fraction of sp³-hybridized carbons (Fsp3) is 0.208. The lowest BCUT2D eigenvalue weighted by atomic mass is 10.1. The molecule has 2 aromatic carbocycles. The molecule has 0 atom stereocenters. The van der Waals surface area contributed by atoms with E-state index in [0.717, 1.165) is 24.3 Å². The minimum absolute atomic E-state index is 0.102. The minimum Gasteiger partial charge on any atom is -0.507 e. The molecule has 1 fully saturated rings. The number of rotatable bonds is 8. The van der Waals surface area contributed by atoms with E-state index in [-0.39, 0.29) is 23.8 Å². The summed E-state index contributed by atoms with van der Waals surface area (Å²) >= 11 is 1.17. The third kappa shape index (κ3) is 5.20. The number of anilines is 1. The Hall–Kier alpha value is -3.52. The van der Waals surface area contributed by atoms with Crippen LogP contribution in [0.25, 0.3) is 6.08 Å². The number of nitrogens with zero attached hydrogens (tertiary/aromatic N) is 3. The quantitative estimate of drug-likeness (QED) is 0.360. The van der Waals surface area contributed by atoms with Crippen LogP contribution in [-0.4, -0.2) is 46.6 Å². The van der Waals surface area contributed by atoms with Crippen molar-refractivity contribution in [3.05, 3.63) is 77.2 Å². The summed E-state index contributed by atoms with van der Waals surface area (Å²) in [4.78, 5) is 29.4. The van der Waals surface area contributed by atoms with Gasteiger partial charge in [-0.3, -0.25) is 14.5 Å². The molecule has 166 valence electrons. The number of amidine groups is 1. The molecule has 0 radical (unpaired) electrons. The van der Waals surface area contributed by atoms with E-state index in [1.807, 2.05) is 30.3 Å². The first-order chi connectivity index (χ1) is 15.5. The van der Waals surface area contributed by atoms with Crippen molar-refractivity contribution in [2.75, 3.05) is 24.5 Å². The molecule has 2 N–H and O–H groups in total. The molecule has 3 rings (SSSR count). The van der Waals surface area contributed by atoms with Crippen LogP contribution in [0.15, 0.2) is 71.2 Å². The van der Waals surface area contributed by atoms with E-state index >= 15 is 0 Å². The maximum Gasteiger partial charge on any atom is 0.275 e. The zero-order valence-electron chi connectivity index (χ0n) is 18.1. The molecule has 0 spiro atoms. The van der Waals surface area contributed by atoms with Crippen molar-refractivity contribution < 1.29 is 14.7 Å². The third-order valence-electron chi connectivity index (χ3n) is 4.92. The van der Waals surface area contributed by atoms with Crippen LogP contribution in [0.1, 0.15) is 29.8 Å². The average molecular weight is 451 g/mol. The molecule has 32 heavy (non-hydrogen) atoms. The molecular formula is C24H26N4O3S. The molecule has 2 aromatic rings. The van der Waals surface area contributed by atoms with Crippen molar-refractivity contribution in [1.82, 2.24) is 10.3 Å². The Bertz CT molecular complexity index is 1060. The van der Waals surface area contributed by atoms with Gasteiger partial charge in [0.15, 0.2) is 5.17 Å². The zero-order valence-corrected chi connectivity index (χ0v) is 18.9. The number of phenolic OH excluding ortho intramolecular Hbond substituents is 1. The Labute approximate surface area is 192 Å². The van der Waals surface area contributed by atoms with Gasteiger partial charge in [-0.25, -0.2) is 5.43 Å². The lowest BCUT2D eigenvalue weighted by Gasteiger charge is -2.20. The van der Waals surface area contributed by atoms with Crippen molar-refractivity contribution in [3.63, 3.8) is 0 Å². The van der Waals surface area contributed by atoms with Crippen molar-refractivity contribution in [2.24, 2.45) is 5.10 Å². The van der Waals surface area contributed by atoms with Gasteiger partial charge in [-0.05, 0) is 61.5 Å². The highest BCUT2D eigenvalue weighted by molar-refractivity contribution is 8.18. The normalized spacial score (nSPS) is 15.9. The van der Waals surface area contributed by atoms with Crippen LogP contribution < -0.4 is 10.3 Å². The molecule has 0 aromatic heterocycles. The number of phenols is 1. The van der Waals surface area contributed by atoms with Crippen LogP contribution in [0.5, 0.6) is 5.75 Å². The highest BCUT2D eigenvalue weighted by atomic mass is 32.2. The van der Waals surface area contributed by atoms with Crippen molar-refractivity contribution in [2.45, 2.75) is 13.8 Å². The second-order valence-electron chi connectivity index (χ2n) is 6.93. The molecule has 7 nitrogen and oxygen atoms in total. The standard InChI is InChI=1S/C24H26N4O3S/c1-4-15-28-23(31)21(16-17-11-13-18(14-12-17)27(5-2)6-3)32-24(28)26-25-22(30)19-9-7-8-10-20(19)29/h4,7-14,16,29H,1,5-6,15H2,2-3H3,(H,25,30). The molecule has 1 aliphatic heterocycles. The van der Waals surface area contributed by atoms with E-state index in [4.69, 9.17) is 0 Å². The van der Waals surface area contributed by atoms with Crippen molar-refractivity contribution in [3.8, 4) is 5.75 Å². The Morgan fingerprint density at radius 2 is 1.88 bits per heavy atom. The van der Waals surface area contributed by atoms with Gasteiger partial charge in [-0.15, -0.1) is 11.7 Å². The number of hydrogen-bond donors (Lipinski definition) is 2. The Morgan fingerprint density at radius 1 is 1.19 bits per heavy atom. The minimum atomic E-state index is -0.563. The second-order valence-corrected chi connectivity index (χ2v) is 7.94. The van der Waals surface area contributed by atoms with E-state index in [1.54, 1.807) is 18.2 Å². The van der Waals surface area contributed by atoms with Crippen LogP contribution in [0.2, 0.25) is 0 Å². The van der Waals surface area contributed by atoms with Crippen LogP contribution in [0.3, 0.4) is 0 Å². The summed E-state index contributed by atoms with van der Waals surface area (Å²) in [6.45, 7) is 10.0. The SMILES string of the molecule is C=CCN1C(=O)C(=Cc2ccc(N(CC)CC)cc2)SC1=NNC(=O)c1ccccc1O. The number of aromatic hydroxyl groups is 1. The van der Waals surface area contributed by atoms with Gasteiger partial charge in [0, 0.05) is 25.3 Å². The number of benzene rings is 2. The van der Waals surface area contributed by atoms with Gasteiger partial charge in [-0.2, -0.15) is 0 Å². The van der Waals surface area contributed by atoms with Crippen molar-refractivity contribution in [1.29, 1.82) is 0 Å². The van der Waals surface area contributed by atoms with E-state index in [1.165, 1.54) is 28.8 Å².